The molecular formula is C13H15NO4. The summed E-state index contributed by atoms with van der Waals surface area (Å²) in [7, 11) is 1.51. The second kappa shape index (κ2) is 7.11. The molecule has 0 radical (unpaired) electrons. The van der Waals surface area contributed by atoms with Crippen molar-refractivity contribution in [3.05, 3.63) is 36.4 Å². The summed E-state index contributed by atoms with van der Waals surface area (Å²) in [4.78, 5) is 22.2. The predicted molar refractivity (Wildman–Crippen MR) is 67.1 cm³/mol. The molecule has 0 fully saturated rings. The molecule has 0 aliphatic heterocycles. The number of hydrogen-bond donors (Lipinski definition) is 1. The molecule has 0 spiro atoms. The van der Waals surface area contributed by atoms with Gasteiger partial charge in [0.05, 0.1) is 12.7 Å². The molecular weight excluding hydrogens is 234 g/mol. The lowest BCUT2D eigenvalue weighted by molar-refractivity contribution is -0.122. The minimum Gasteiger partial charge on any atom is -0.497 e. The maximum absolute atomic E-state index is 11.3. The van der Waals surface area contributed by atoms with Crippen LogP contribution in [0.1, 0.15) is 10.4 Å². The van der Waals surface area contributed by atoms with E-state index in [1.807, 2.05) is 0 Å². The third-order valence-electron chi connectivity index (χ3n) is 2.15. The van der Waals surface area contributed by atoms with Crippen LogP contribution < -0.4 is 14.8 Å². The molecule has 0 heterocycles. The number of benzene rings is 1. The number of carbonyl (C=O) groups is 2. The number of nitrogens with one attached hydrogen (secondary N) is 1. The molecule has 0 saturated heterocycles. The van der Waals surface area contributed by atoms with Gasteiger partial charge in [0.15, 0.2) is 12.9 Å². The quantitative estimate of drug-likeness (QED) is 0.582. The molecule has 1 aromatic carbocycles. The lowest BCUT2D eigenvalue weighted by Gasteiger charge is -2.09. The summed E-state index contributed by atoms with van der Waals surface area (Å²) >= 11 is 0. The molecule has 1 amide bonds. The molecule has 18 heavy (non-hydrogen) atoms. The average molecular weight is 249 g/mol. The summed E-state index contributed by atoms with van der Waals surface area (Å²) in [6.07, 6.45) is 2.22. The summed E-state index contributed by atoms with van der Waals surface area (Å²) in [5.74, 6) is 0.627. The first kappa shape index (κ1) is 13.8. The van der Waals surface area contributed by atoms with Gasteiger partial charge in [0.1, 0.15) is 11.5 Å². The van der Waals surface area contributed by atoms with Crippen LogP contribution in [-0.2, 0) is 4.79 Å². The van der Waals surface area contributed by atoms with Gasteiger partial charge >= 0.3 is 0 Å². The molecule has 0 unspecified atom stereocenters. The van der Waals surface area contributed by atoms with E-state index in [4.69, 9.17) is 9.47 Å². The van der Waals surface area contributed by atoms with Gasteiger partial charge in [0, 0.05) is 6.54 Å². The summed E-state index contributed by atoms with van der Waals surface area (Å²) in [6, 6.07) is 4.79. The maximum atomic E-state index is 11.3. The summed E-state index contributed by atoms with van der Waals surface area (Å²) < 4.78 is 10.2. The molecule has 1 rings (SSSR count). The van der Waals surface area contributed by atoms with Crippen LogP contribution in [0.2, 0.25) is 0 Å². The van der Waals surface area contributed by atoms with E-state index in [2.05, 4.69) is 11.9 Å². The van der Waals surface area contributed by atoms with Crippen molar-refractivity contribution < 1.29 is 19.1 Å². The van der Waals surface area contributed by atoms with Crippen LogP contribution in [0, 0.1) is 0 Å². The number of ether oxygens (including phenoxy) is 2. The Bertz CT molecular complexity index is 443. The minimum atomic E-state index is -0.275. The zero-order valence-electron chi connectivity index (χ0n) is 10.1. The van der Waals surface area contributed by atoms with Crippen LogP contribution in [0.15, 0.2) is 30.9 Å². The Balaban J connectivity index is 2.64. The molecule has 0 aromatic heterocycles. The molecule has 0 aliphatic rings. The molecule has 0 bridgehead atoms. The van der Waals surface area contributed by atoms with Gasteiger partial charge in [-0.3, -0.25) is 9.59 Å². The fraction of sp³-hybridized carbons (Fsp3) is 0.231. The van der Waals surface area contributed by atoms with Crippen molar-refractivity contribution >= 4 is 12.2 Å². The van der Waals surface area contributed by atoms with Gasteiger partial charge in [-0.25, -0.2) is 0 Å². The summed E-state index contributed by atoms with van der Waals surface area (Å²) in [5.41, 5.74) is 0.339. The van der Waals surface area contributed by atoms with Gasteiger partial charge < -0.3 is 14.8 Å². The van der Waals surface area contributed by atoms with Crippen LogP contribution in [0.4, 0.5) is 0 Å². The number of amides is 1. The highest BCUT2D eigenvalue weighted by atomic mass is 16.5. The highest BCUT2D eigenvalue weighted by Crippen LogP contribution is 2.22. The second-order valence-corrected chi connectivity index (χ2v) is 3.40. The predicted octanol–water partition coefficient (Wildman–Crippen LogP) is 1.19. The number of methoxy groups -OCH3 is 1. The Kier molecular flexibility index (Phi) is 5.44. The van der Waals surface area contributed by atoms with Gasteiger partial charge in [-0.05, 0) is 18.2 Å². The summed E-state index contributed by atoms with van der Waals surface area (Å²) in [5, 5.41) is 2.57. The van der Waals surface area contributed by atoms with E-state index in [9.17, 15) is 9.59 Å². The number of hydrogen-bond acceptors (Lipinski definition) is 4. The fourth-order valence-electron chi connectivity index (χ4n) is 1.26. The lowest BCUT2D eigenvalue weighted by Crippen LogP contribution is -2.28. The van der Waals surface area contributed by atoms with Crippen molar-refractivity contribution in [3.63, 3.8) is 0 Å². The van der Waals surface area contributed by atoms with Crippen LogP contribution in [-0.4, -0.2) is 32.5 Å². The topological polar surface area (TPSA) is 64.6 Å². The van der Waals surface area contributed by atoms with E-state index in [0.29, 0.717) is 29.9 Å². The van der Waals surface area contributed by atoms with Gasteiger partial charge in [0.2, 0.25) is 0 Å². The van der Waals surface area contributed by atoms with E-state index >= 15 is 0 Å². The largest absolute Gasteiger partial charge is 0.497 e. The van der Waals surface area contributed by atoms with Crippen molar-refractivity contribution in [1.82, 2.24) is 5.32 Å². The highest BCUT2D eigenvalue weighted by molar-refractivity contribution is 5.81. The molecule has 5 nitrogen and oxygen atoms in total. The Morgan fingerprint density at radius 1 is 1.50 bits per heavy atom. The molecule has 96 valence electrons. The number of carbonyl (C=O) groups excluding carboxylic acids is 2. The molecule has 0 atom stereocenters. The van der Waals surface area contributed by atoms with Crippen LogP contribution in [0.25, 0.3) is 0 Å². The van der Waals surface area contributed by atoms with Gasteiger partial charge in [-0.15, -0.1) is 6.58 Å². The van der Waals surface area contributed by atoms with E-state index in [1.54, 1.807) is 24.3 Å². The Morgan fingerprint density at radius 3 is 2.89 bits per heavy atom. The van der Waals surface area contributed by atoms with E-state index in [-0.39, 0.29) is 12.5 Å². The van der Waals surface area contributed by atoms with Gasteiger partial charge in [-0.1, -0.05) is 6.08 Å². The molecule has 1 N–H and O–H groups in total. The zero-order chi connectivity index (χ0) is 13.4. The third-order valence-corrected chi connectivity index (χ3v) is 2.15. The first-order valence-electron chi connectivity index (χ1n) is 5.35. The van der Waals surface area contributed by atoms with Crippen LogP contribution >= 0.6 is 0 Å². The number of aldehydes is 1. The molecule has 0 aliphatic carbocycles. The first-order chi connectivity index (χ1) is 8.71. The minimum absolute atomic E-state index is 0.152. The van der Waals surface area contributed by atoms with Crippen molar-refractivity contribution in [3.8, 4) is 11.5 Å². The number of rotatable bonds is 7. The van der Waals surface area contributed by atoms with Gasteiger partial charge in [0.25, 0.3) is 5.91 Å². The van der Waals surface area contributed by atoms with Crippen molar-refractivity contribution in [2.75, 3.05) is 20.3 Å². The Labute approximate surface area is 105 Å². The molecule has 5 heteroatoms. The SMILES string of the molecule is C=CCNC(=O)COc1ccc(OC)cc1C=O. The van der Waals surface area contributed by atoms with E-state index < -0.39 is 0 Å². The summed E-state index contributed by atoms with van der Waals surface area (Å²) in [6.45, 7) is 3.71. The van der Waals surface area contributed by atoms with Crippen molar-refractivity contribution in [1.29, 1.82) is 0 Å². The van der Waals surface area contributed by atoms with Crippen molar-refractivity contribution in [2.24, 2.45) is 0 Å². The van der Waals surface area contributed by atoms with E-state index in [0.717, 1.165) is 0 Å². The average Bonchev–Trinajstić information content (AvgIpc) is 2.42. The maximum Gasteiger partial charge on any atom is 0.258 e. The lowest BCUT2D eigenvalue weighted by atomic mass is 10.2. The van der Waals surface area contributed by atoms with E-state index in [1.165, 1.54) is 7.11 Å². The van der Waals surface area contributed by atoms with Gasteiger partial charge in [-0.2, -0.15) is 0 Å². The highest BCUT2D eigenvalue weighted by Gasteiger charge is 2.07. The van der Waals surface area contributed by atoms with Crippen LogP contribution in [0.5, 0.6) is 11.5 Å². The zero-order valence-corrected chi connectivity index (χ0v) is 10.1. The standard InChI is InChI=1S/C13H15NO4/c1-3-6-14-13(16)9-18-12-5-4-11(17-2)7-10(12)8-15/h3-5,7-8H,1,6,9H2,2H3,(H,14,16). The third kappa shape index (κ3) is 3.93. The second-order valence-electron chi connectivity index (χ2n) is 3.40. The smallest absolute Gasteiger partial charge is 0.258 e. The Morgan fingerprint density at radius 2 is 2.28 bits per heavy atom. The Hall–Kier alpha value is -2.30. The fourth-order valence-corrected chi connectivity index (χ4v) is 1.26. The van der Waals surface area contributed by atoms with Crippen molar-refractivity contribution in [2.45, 2.75) is 0 Å². The molecule has 0 saturated carbocycles. The normalized spacial score (nSPS) is 9.39. The van der Waals surface area contributed by atoms with Crippen LogP contribution in [0.3, 0.4) is 0 Å². The first-order valence-corrected chi connectivity index (χ1v) is 5.35. The molecule has 1 aromatic rings. The monoisotopic (exact) mass is 249 g/mol.